The quantitative estimate of drug-likeness (QED) is 0.452. The number of amides is 3. The maximum atomic E-state index is 13.7. The highest BCUT2D eigenvalue weighted by atomic mass is 19.1. The maximum Gasteiger partial charge on any atom is 0.418 e. The molecular formula is C30H28FN3O4. The SMILES string of the molecule is C[C@@H](C1CC1)N(Cc1ccc(F)cc1)C(=O)CN1C(=O)O[C@@]2(CCc3cc(-c4cccnc4)ccc32)C1=O. The first-order valence-electron chi connectivity index (χ1n) is 13.0. The first-order chi connectivity index (χ1) is 18.4. The molecule has 2 aromatic carbocycles. The Balaban J connectivity index is 1.23. The number of benzene rings is 2. The average molecular weight is 514 g/mol. The molecule has 1 saturated heterocycles. The van der Waals surface area contributed by atoms with E-state index in [1.807, 2.05) is 37.3 Å². The number of halogens is 1. The third kappa shape index (κ3) is 4.23. The standard InChI is InChI=1S/C30H28FN3O4/c1-19(21-6-7-21)33(17-20-4-9-25(31)10-5-20)27(35)18-34-28(36)30(38-29(34)37)13-12-23-15-22(8-11-26(23)30)24-3-2-14-32-16-24/h2-5,8-11,14-16,19,21H,6-7,12-13,17-18H2,1H3/t19-,30+/m0/s1. The van der Waals surface area contributed by atoms with Crippen LogP contribution in [0.5, 0.6) is 0 Å². The van der Waals surface area contributed by atoms with Crippen molar-refractivity contribution in [3.63, 3.8) is 0 Å². The van der Waals surface area contributed by atoms with E-state index in [-0.39, 0.29) is 30.9 Å². The van der Waals surface area contributed by atoms with Gasteiger partial charge in [-0.3, -0.25) is 14.6 Å². The van der Waals surface area contributed by atoms with Crippen molar-refractivity contribution < 1.29 is 23.5 Å². The van der Waals surface area contributed by atoms with Crippen LogP contribution in [0, 0.1) is 11.7 Å². The number of aryl methyl sites for hydroxylation is 1. The van der Waals surface area contributed by atoms with Crippen LogP contribution in [0.1, 0.15) is 42.9 Å². The Morgan fingerprint density at radius 3 is 2.66 bits per heavy atom. The van der Waals surface area contributed by atoms with Gasteiger partial charge in [-0.05, 0) is 72.6 Å². The maximum absolute atomic E-state index is 13.7. The summed E-state index contributed by atoms with van der Waals surface area (Å²) in [4.78, 5) is 47.0. The molecule has 0 radical (unpaired) electrons. The lowest BCUT2D eigenvalue weighted by Gasteiger charge is -2.30. The van der Waals surface area contributed by atoms with Crippen LogP contribution in [0.2, 0.25) is 0 Å². The largest absolute Gasteiger partial charge is 0.427 e. The molecule has 2 aliphatic carbocycles. The number of pyridine rings is 1. The van der Waals surface area contributed by atoms with Crippen molar-refractivity contribution in [2.24, 2.45) is 5.92 Å². The van der Waals surface area contributed by atoms with Crippen LogP contribution in [0.3, 0.4) is 0 Å². The monoisotopic (exact) mass is 513 g/mol. The van der Waals surface area contributed by atoms with Gasteiger partial charge in [0.15, 0.2) is 0 Å². The van der Waals surface area contributed by atoms with Gasteiger partial charge in [0, 0.05) is 37.0 Å². The molecule has 194 valence electrons. The third-order valence-electron chi connectivity index (χ3n) is 8.03. The molecule has 2 atom stereocenters. The van der Waals surface area contributed by atoms with Crippen LogP contribution < -0.4 is 0 Å². The number of hydrogen-bond donors (Lipinski definition) is 0. The molecule has 1 aliphatic heterocycles. The van der Waals surface area contributed by atoms with E-state index < -0.39 is 17.6 Å². The first-order valence-corrected chi connectivity index (χ1v) is 13.0. The topological polar surface area (TPSA) is 79.8 Å². The lowest BCUT2D eigenvalue weighted by atomic mass is 9.93. The predicted octanol–water partition coefficient (Wildman–Crippen LogP) is 4.84. The molecule has 0 bridgehead atoms. The Bertz CT molecular complexity index is 1410. The predicted molar refractivity (Wildman–Crippen MR) is 137 cm³/mol. The molecule has 7 nitrogen and oxygen atoms in total. The fraction of sp³-hybridized carbons (Fsp3) is 0.333. The molecular weight excluding hydrogens is 485 g/mol. The summed E-state index contributed by atoms with van der Waals surface area (Å²) in [6.45, 7) is 1.87. The highest BCUT2D eigenvalue weighted by Crippen LogP contribution is 2.46. The highest BCUT2D eigenvalue weighted by Gasteiger charge is 2.58. The second kappa shape index (κ2) is 9.35. The van der Waals surface area contributed by atoms with Crippen LogP contribution in [-0.2, 0) is 32.9 Å². The van der Waals surface area contributed by atoms with Crippen molar-refractivity contribution >= 4 is 17.9 Å². The van der Waals surface area contributed by atoms with Crippen molar-refractivity contribution in [2.45, 2.75) is 50.8 Å². The van der Waals surface area contributed by atoms with Crippen LogP contribution in [0.25, 0.3) is 11.1 Å². The minimum absolute atomic E-state index is 0.0617. The minimum Gasteiger partial charge on any atom is -0.427 e. The van der Waals surface area contributed by atoms with Crippen molar-refractivity contribution in [1.29, 1.82) is 0 Å². The Hall–Kier alpha value is -4.07. The summed E-state index contributed by atoms with van der Waals surface area (Å²) in [6.07, 6.45) is 5.67. The fourth-order valence-corrected chi connectivity index (χ4v) is 5.67. The molecule has 3 aromatic rings. The number of imide groups is 1. The molecule has 1 aromatic heterocycles. The minimum atomic E-state index is -1.40. The van der Waals surface area contributed by atoms with Crippen LogP contribution in [0.15, 0.2) is 67.0 Å². The fourth-order valence-electron chi connectivity index (χ4n) is 5.67. The number of carbonyl (C=O) groups excluding carboxylic acids is 3. The zero-order valence-electron chi connectivity index (χ0n) is 21.1. The van der Waals surface area contributed by atoms with Gasteiger partial charge in [-0.25, -0.2) is 14.1 Å². The summed E-state index contributed by atoms with van der Waals surface area (Å²) in [7, 11) is 0. The second-order valence-corrected chi connectivity index (χ2v) is 10.4. The Kier molecular flexibility index (Phi) is 5.97. The Morgan fingerprint density at radius 1 is 1.16 bits per heavy atom. The van der Waals surface area contributed by atoms with Gasteiger partial charge in [-0.2, -0.15) is 0 Å². The van der Waals surface area contributed by atoms with Crippen molar-refractivity contribution in [2.75, 3.05) is 6.54 Å². The van der Waals surface area contributed by atoms with Gasteiger partial charge in [0.2, 0.25) is 11.5 Å². The van der Waals surface area contributed by atoms with E-state index in [1.165, 1.54) is 12.1 Å². The van der Waals surface area contributed by atoms with Gasteiger partial charge < -0.3 is 9.64 Å². The molecule has 2 heterocycles. The molecule has 3 aliphatic rings. The van der Waals surface area contributed by atoms with E-state index in [0.717, 1.165) is 40.0 Å². The van der Waals surface area contributed by atoms with E-state index in [4.69, 9.17) is 4.74 Å². The summed E-state index contributed by atoms with van der Waals surface area (Å²) in [5, 5.41) is 0. The van der Waals surface area contributed by atoms with Gasteiger partial charge in [0.1, 0.15) is 12.4 Å². The highest BCUT2D eigenvalue weighted by molar-refractivity contribution is 6.06. The summed E-state index contributed by atoms with van der Waals surface area (Å²) in [5.41, 5.74) is 2.94. The number of fused-ring (bicyclic) bond motifs is 2. The zero-order valence-corrected chi connectivity index (χ0v) is 21.1. The Morgan fingerprint density at radius 2 is 1.95 bits per heavy atom. The average Bonchev–Trinajstić information content (AvgIpc) is 3.68. The van der Waals surface area contributed by atoms with Crippen LogP contribution in [-0.4, -0.2) is 45.3 Å². The normalized spacial score (nSPS) is 20.9. The summed E-state index contributed by atoms with van der Waals surface area (Å²) >= 11 is 0. The molecule has 1 saturated carbocycles. The number of rotatable bonds is 7. The number of ether oxygens (including phenoxy) is 1. The van der Waals surface area contributed by atoms with Gasteiger partial charge in [-0.1, -0.05) is 36.4 Å². The number of hydrogen-bond acceptors (Lipinski definition) is 5. The molecule has 38 heavy (non-hydrogen) atoms. The molecule has 0 unspecified atom stereocenters. The molecule has 1 spiro atoms. The lowest BCUT2D eigenvalue weighted by Crippen LogP contribution is -2.47. The zero-order chi connectivity index (χ0) is 26.4. The molecule has 2 fully saturated rings. The van der Waals surface area contributed by atoms with E-state index in [9.17, 15) is 18.8 Å². The first kappa shape index (κ1) is 24.3. The van der Waals surface area contributed by atoms with Crippen LogP contribution in [0.4, 0.5) is 9.18 Å². The van der Waals surface area contributed by atoms with E-state index in [1.54, 1.807) is 29.4 Å². The third-order valence-corrected chi connectivity index (χ3v) is 8.03. The van der Waals surface area contributed by atoms with Gasteiger partial charge >= 0.3 is 6.09 Å². The number of carbonyl (C=O) groups is 3. The van der Waals surface area contributed by atoms with Gasteiger partial charge in [-0.15, -0.1) is 0 Å². The summed E-state index contributed by atoms with van der Waals surface area (Å²) in [6, 6.07) is 15.6. The summed E-state index contributed by atoms with van der Waals surface area (Å²) in [5.74, 6) is -0.796. The van der Waals surface area contributed by atoms with E-state index in [2.05, 4.69) is 4.98 Å². The lowest BCUT2D eigenvalue weighted by molar-refractivity contribution is -0.143. The van der Waals surface area contributed by atoms with Crippen molar-refractivity contribution in [3.8, 4) is 11.1 Å². The number of aromatic nitrogens is 1. The molecule has 8 heteroatoms. The van der Waals surface area contributed by atoms with Crippen molar-refractivity contribution in [3.05, 3.63) is 89.5 Å². The van der Waals surface area contributed by atoms with Crippen LogP contribution >= 0.6 is 0 Å². The van der Waals surface area contributed by atoms with Gasteiger partial charge in [0.25, 0.3) is 5.91 Å². The number of nitrogens with zero attached hydrogens (tertiary/aromatic N) is 3. The second-order valence-electron chi connectivity index (χ2n) is 10.4. The van der Waals surface area contributed by atoms with E-state index >= 15 is 0 Å². The van der Waals surface area contributed by atoms with E-state index in [0.29, 0.717) is 24.3 Å². The molecule has 6 rings (SSSR count). The molecule has 3 amide bonds. The smallest absolute Gasteiger partial charge is 0.418 e. The summed E-state index contributed by atoms with van der Waals surface area (Å²) < 4.78 is 19.2. The molecule has 0 N–H and O–H groups in total. The Labute approximate surface area is 220 Å². The van der Waals surface area contributed by atoms with Gasteiger partial charge in [0.05, 0.1) is 0 Å². The van der Waals surface area contributed by atoms with Crippen molar-refractivity contribution in [1.82, 2.24) is 14.8 Å².